The summed E-state index contributed by atoms with van der Waals surface area (Å²) in [6.07, 6.45) is 5.43. The first-order valence-corrected chi connectivity index (χ1v) is 11.0. The number of methoxy groups -OCH3 is 1. The first kappa shape index (κ1) is 18.8. The summed E-state index contributed by atoms with van der Waals surface area (Å²) in [7, 11) is 1.67. The van der Waals surface area contributed by atoms with Gasteiger partial charge in [0.2, 0.25) is 5.13 Å². The molecule has 2 aliphatic rings. The molecular weight excluding hydrogens is 388 g/mol. The number of anilines is 1. The third-order valence-corrected chi connectivity index (χ3v) is 6.57. The van der Waals surface area contributed by atoms with Crippen LogP contribution >= 0.6 is 11.5 Å². The van der Waals surface area contributed by atoms with Crippen LogP contribution in [0.25, 0.3) is 10.9 Å². The highest BCUT2D eigenvalue weighted by Crippen LogP contribution is 2.33. The molecule has 2 fully saturated rings. The number of piperidine rings is 1. The highest BCUT2D eigenvalue weighted by Gasteiger charge is 2.24. The van der Waals surface area contributed by atoms with Gasteiger partial charge in [0.05, 0.1) is 18.2 Å². The van der Waals surface area contributed by atoms with Gasteiger partial charge in [0.1, 0.15) is 18.5 Å². The Morgan fingerprint density at radius 3 is 2.90 bits per heavy atom. The Morgan fingerprint density at radius 2 is 2.10 bits per heavy atom. The van der Waals surface area contributed by atoms with Gasteiger partial charge in [-0.25, -0.2) is 4.98 Å². The fourth-order valence-corrected chi connectivity index (χ4v) is 4.95. The highest BCUT2D eigenvalue weighted by molar-refractivity contribution is 7.09. The Morgan fingerprint density at radius 1 is 1.21 bits per heavy atom. The van der Waals surface area contributed by atoms with E-state index in [0.717, 1.165) is 62.3 Å². The zero-order chi connectivity index (χ0) is 19.6. The zero-order valence-electron chi connectivity index (χ0n) is 16.6. The molecule has 0 spiro atoms. The summed E-state index contributed by atoms with van der Waals surface area (Å²) in [6.45, 7) is 3.98. The quantitative estimate of drug-likeness (QED) is 0.614. The van der Waals surface area contributed by atoms with Crippen molar-refractivity contribution in [2.45, 2.75) is 38.0 Å². The van der Waals surface area contributed by atoms with E-state index in [-0.39, 0.29) is 6.10 Å². The van der Waals surface area contributed by atoms with Crippen LogP contribution in [0, 0.1) is 0 Å². The number of benzene rings is 1. The van der Waals surface area contributed by atoms with Gasteiger partial charge < -0.3 is 23.7 Å². The third kappa shape index (κ3) is 3.84. The summed E-state index contributed by atoms with van der Waals surface area (Å²) < 4.78 is 23.8. The van der Waals surface area contributed by atoms with Crippen molar-refractivity contribution in [2.24, 2.45) is 0 Å². The molecular formula is C21H26N4O3S. The molecule has 0 N–H and O–H groups in total. The Hall–Kier alpha value is -2.16. The van der Waals surface area contributed by atoms with E-state index in [2.05, 4.69) is 49.3 Å². The van der Waals surface area contributed by atoms with Crippen LogP contribution in [0.15, 0.2) is 30.5 Å². The van der Waals surface area contributed by atoms with Gasteiger partial charge in [-0.3, -0.25) is 0 Å². The van der Waals surface area contributed by atoms with Crippen LogP contribution in [0.1, 0.15) is 31.1 Å². The second kappa shape index (κ2) is 8.30. The number of fused-ring (bicyclic) bond motifs is 1. The monoisotopic (exact) mass is 414 g/mol. The van der Waals surface area contributed by atoms with Crippen LogP contribution in [-0.2, 0) is 16.1 Å². The molecule has 1 atom stereocenters. The molecule has 0 amide bonds. The number of aromatic nitrogens is 3. The average Bonchev–Trinajstić information content (AvgIpc) is 3.49. The number of rotatable bonds is 6. The van der Waals surface area contributed by atoms with Crippen LogP contribution < -0.4 is 9.64 Å². The molecule has 3 aromatic rings. The molecule has 8 heteroatoms. The SMILES string of the molecule is COCc1nsc(N2CCC(Oc3cccc4c3ccn4C3CCOC3)CC2)n1. The summed E-state index contributed by atoms with van der Waals surface area (Å²) >= 11 is 1.45. The fraction of sp³-hybridized carbons (Fsp3) is 0.524. The Labute approximate surface area is 174 Å². The summed E-state index contributed by atoms with van der Waals surface area (Å²) in [4.78, 5) is 6.87. The molecule has 29 heavy (non-hydrogen) atoms. The first-order valence-electron chi connectivity index (χ1n) is 10.2. The first-order chi connectivity index (χ1) is 14.3. The minimum Gasteiger partial charge on any atom is -0.490 e. The van der Waals surface area contributed by atoms with E-state index < -0.39 is 0 Å². The second-order valence-electron chi connectivity index (χ2n) is 7.66. The summed E-state index contributed by atoms with van der Waals surface area (Å²) in [5, 5.41) is 2.17. The van der Waals surface area contributed by atoms with Crippen LogP contribution in [0.2, 0.25) is 0 Å². The van der Waals surface area contributed by atoms with Gasteiger partial charge in [-0.15, -0.1) is 0 Å². The van der Waals surface area contributed by atoms with Gasteiger partial charge >= 0.3 is 0 Å². The van der Waals surface area contributed by atoms with E-state index in [1.165, 1.54) is 22.4 Å². The van der Waals surface area contributed by atoms with E-state index >= 15 is 0 Å². The van der Waals surface area contributed by atoms with E-state index in [1.54, 1.807) is 7.11 Å². The van der Waals surface area contributed by atoms with Crippen molar-refractivity contribution in [1.29, 1.82) is 0 Å². The Kier molecular flexibility index (Phi) is 5.39. The lowest BCUT2D eigenvalue weighted by atomic mass is 10.1. The zero-order valence-corrected chi connectivity index (χ0v) is 17.4. The van der Waals surface area contributed by atoms with Gasteiger partial charge in [-0.1, -0.05) is 6.07 Å². The molecule has 4 heterocycles. The average molecular weight is 415 g/mol. The molecule has 0 saturated carbocycles. The van der Waals surface area contributed by atoms with E-state index in [0.29, 0.717) is 12.6 Å². The molecule has 154 valence electrons. The summed E-state index contributed by atoms with van der Waals surface area (Å²) in [5.74, 6) is 1.74. The normalized spacial score (nSPS) is 20.6. The maximum atomic E-state index is 6.45. The number of ether oxygens (including phenoxy) is 3. The fourth-order valence-electron chi connectivity index (χ4n) is 4.23. The van der Waals surface area contributed by atoms with Gasteiger partial charge in [-0.2, -0.15) is 4.37 Å². The summed E-state index contributed by atoms with van der Waals surface area (Å²) in [5.41, 5.74) is 1.23. The second-order valence-corrected chi connectivity index (χ2v) is 8.39. The largest absolute Gasteiger partial charge is 0.490 e. The molecule has 1 aromatic carbocycles. The van der Waals surface area contributed by atoms with E-state index in [4.69, 9.17) is 14.2 Å². The predicted octanol–water partition coefficient (Wildman–Crippen LogP) is 3.65. The molecule has 2 saturated heterocycles. The van der Waals surface area contributed by atoms with Crippen molar-refractivity contribution in [1.82, 2.24) is 13.9 Å². The Balaban J connectivity index is 1.25. The van der Waals surface area contributed by atoms with Crippen molar-refractivity contribution in [3.63, 3.8) is 0 Å². The van der Waals surface area contributed by atoms with Crippen LogP contribution in [0.3, 0.4) is 0 Å². The van der Waals surface area contributed by atoms with Gasteiger partial charge in [0, 0.05) is 62.8 Å². The predicted molar refractivity (Wildman–Crippen MR) is 113 cm³/mol. The van der Waals surface area contributed by atoms with Gasteiger partial charge in [0.25, 0.3) is 0 Å². The molecule has 7 nitrogen and oxygen atoms in total. The third-order valence-electron chi connectivity index (χ3n) is 5.76. The van der Waals surface area contributed by atoms with Crippen LogP contribution in [-0.4, -0.2) is 53.4 Å². The lowest BCUT2D eigenvalue weighted by Gasteiger charge is -2.31. The van der Waals surface area contributed by atoms with Gasteiger partial charge in [0.15, 0.2) is 5.82 Å². The standard InChI is InChI=1S/C21H26N4O3S/c1-26-14-20-22-21(29-23-20)24-9-5-16(6-10-24)28-19-4-2-3-18-17(19)7-11-25(18)15-8-12-27-13-15/h2-4,7,11,15-16H,5-6,8-10,12-14H2,1H3. The van der Waals surface area contributed by atoms with Crippen LogP contribution in [0.5, 0.6) is 5.75 Å². The number of nitrogens with zero attached hydrogens (tertiary/aromatic N) is 4. The van der Waals surface area contributed by atoms with Crippen molar-refractivity contribution in [3.8, 4) is 5.75 Å². The molecule has 2 aliphatic heterocycles. The maximum Gasteiger partial charge on any atom is 0.205 e. The molecule has 0 aliphatic carbocycles. The maximum absolute atomic E-state index is 6.45. The van der Waals surface area contributed by atoms with Crippen LogP contribution in [0.4, 0.5) is 5.13 Å². The van der Waals surface area contributed by atoms with E-state index in [9.17, 15) is 0 Å². The molecule has 1 unspecified atom stereocenters. The lowest BCUT2D eigenvalue weighted by molar-refractivity contribution is 0.172. The topological polar surface area (TPSA) is 61.6 Å². The minimum absolute atomic E-state index is 0.224. The van der Waals surface area contributed by atoms with Crippen molar-refractivity contribution in [2.75, 3.05) is 38.3 Å². The van der Waals surface area contributed by atoms with Crippen molar-refractivity contribution >= 4 is 27.6 Å². The Bertz CT molecular complexity index is 958. The summed E-state index contributed by atoms with van der Waals surface area (Å²) in [6, 6.07) is 8.97. The molecule has 0 bridgehead atoms. The highest BCUT2D eigenvalue weighted by atomic mass is 32.1. The van der Waals surface area contributed by atoms with Crippen molar-refractivity contribution in [3.05, 3.63) is 36.3 Å². The molecule has 5 rings (SSSR count). The molecule has 0 radical (unpaired) electrons. The smallest absolute Gasteiger partial charge is 0.205 e. The number of hydrogen-bond acceptors (Lipinski definition) is 7. The minimum atomic E-state index is 0.224. The van der Waals surface area contributed by atoms with Crippen molar-refractivity contribution < 1.29 is 14.2 Å². The number of hydrogen-bond donors (Lipinski definition) is 0. The molecule has 2 aromatic heterocycles. The van der Waals surface area contributed by atoms with E-state index in [1.807, 2.05) is 0 Å². The lowest BCUT2D eigenvalue weighted by Crippen LogP contribution is -2.38. The van der Waals surface area contributed by atoms with Gasteiger partial charge in [-0.05, 0) is 24.6 Å².